The molecule has 2 aromatic rings. The molecule has 0 atom stereocenters. The number of benzene rings is 1. The summed E-state index contributed by atoms with van der Waals surface area (Å²) >= 11 is 0. The second-order valence-electron chi connectivity index (χ2n) is 6.36. The van der Waals surface area contributed by atoms with E-state index in [2.05, 4.69) is 15.5 Å². The molecule has 0 saturated carbocycles. The van der Waals surface area contributed by atoms with E-state index >= 15 is 0 Å². The average Bonchev–Trinajstić information content (AvgIpc) is 3.27. The van der Waals surface area contributed by atoms with Crippen LogP contribution in [0.5, 0.6) is 5.75 Å². The summed E-state index contributed by atoms with van der Waals surface area (Å²) in [5.74, 6) is 2.31. The fraction of sp³-hybridized carbons (Fsp3) is 0.474. The van der Waals surface area contributed by atoms with E-state index in [9.17, 15) is 9.59 Å². The lowest BCUT2D eigenvalue weighted by Crippen LogP contribution is -2.25. The molecule has 0 radical (unpaired) electrons. The Kier molecular flexibility index (Phi) is 5.99. The fourth-order valence-electron chi connectivity index (χ4n) is 2.94. The van der Waals surface area contributed by atoms with Gasteiger partial charge in [0, 0.05) is 31.4 Å². The predicted octanol–water partition coefficient (Wildman–Crippen LogP) is 2.29. The van der Waals surface area contributed by atoms with Gasteiger partial charge in [-0.25, -0.2) is 0 Å². The summed E-state index contributed by atoms with van der Waals surface area (Å²) < 4.78 is 7.55. The third-order valence-corrected chi connectivity index (χ3v) is 4.36. The van der Waals surface area contributed by atoms with Crippen LogP contribution in [0.4, 0.5) is 0 Å². The number of hydrogen-bond acceptors (Lipinski definition) is 5. The summed E-state index contributed by atoms with van der Waals surface area (Å²) in [5, 5.41) is 11.0. The minimum Gasteiger partial charge on any atom is -0.494 e. The number of hydrogen-bond donors (Lipinski definition) is 1. The Labute approximate surface area is 152 Å². The summed E-state index contributed by atoms with van der Waals surface area (Å²) in [6, 6.07) is 7.05. The standard InChI is InChI=1S/C19H24N4O3/c1-2-12-26-15-7-5-14(6-8-15)16(24)9-10-19(25)20-13-18-22-21-17-4-3-11-23(17)18/h5-8H,2-4,9-13H2,1H3,(H,20,25). The minimum atomic E-state index is -0.156. The maximum Gasteiger partial charge on any atom is 0.220 e. The van der Waals surface area contributed by atoms with Gasteiger partial charge in [-0.2, -0.15) is 0 Å². The first-order chi connectivity index (χ1) is 12.7. The van der Waals surface area contributed by atoms with Crippen molar-refractivity contribution < 1.29 is 14.3 Å². The number of ether oxygens (including phenoxy) is 1. The molecule has 0 fully saturated rings. The molecule has 26 heavy (non-hydrogen) atoms. The van der Waals surface area contributed by atoms with Crippen molar-refractivity contribution in [2.45, 2.75) is 52.1 Å². The summed E-state index contributed by atoms with van der Waals surface area (Å²) in [6.07, 6.45) is 3.29. The van der Waals surface area contributed by atoms with Crippen LogP contribution in [0.2, 0.25) is 0 Å². The average molecular weight is 356 g/mol. The highest BCUT2D eigenvalue weighted by atomic mass is 16.5. The van der Waals surface area contributed by atoms with Gasteiger partial charge in [0.15, 0.2) is 11.6 Å². The van der Waals surface area contributed by atoms with Gasteiger partial charge in [0.05, 0.1) is 13.2 Å². The molecule has 0 unspecified atom stereocenters. The minimum absolute atomic E-state index is 0.0504. The lowest BCUT2D eigenvalue weighted by Gasteiger charge is -2.07. The molecule has 0 aliphatic carbocycles. The number of Topliss-reactive ketones (excluding diaryl/α,β-unsaturated/α-hetero) is 1. The van der Waals surface area contributed by atoms with Gasteiger partial charge < -0.3 is 14.6 Å². The highest BCUT2D eigenvalue weighted by Gasteiger charge is 2.17. The van der Waals surface area contributed by atoms with Crippen LogP contribution in [0, 0.1) is 0 Å². The molecule has 1 N–H and O–H groups in total. The largest absolute Gasteiger partial charge is 0.494 e. The van der Waals surface area contributed by atoms with Gasteiger partial charge in [0.1, 0.15) is 11.6 Å². The van der Waals surface area contributed by atoms with E-state index in [0.29, 0.717) is 18.7 Å². The van der Waals surface area contributed by atoms with Crippen molar-refractivity contribution >= 4 is 11.7 Å². The van der Waals surface area contributed by atoms with Crippen LogP contribution in [0.1, 0.15) is 54.6 Å². The molecular formula is C19H24N4O3. The third-order valence-electron chi connectivity index (χ3n) is 4.36. The number of aromatic nitrogens is 3. The fourth-order valence-corrected chi connectivity index (χ4v) is 2.94. The quantitative estimate of drug-likeness (QED) is 0.697. The number of amides is 1. The Hall–Kier alpha value is -2.70. The topological polar surface area (TPSA) is 86.1 Å². The molecule has 1 amide bonds. The van der Waals surface area contributed by atoms with Crippen molar-refractivity contribution in [2.75, 3.05) is 6.61 Å². The Morgan fingerprint density at radius 3 is 2.77 bits per heavy atom. The number of aryl methyl sites for hydroxylation is 1. The van der Waals surface area contributed by atoms with Crippen molar-refractivity contribution in [1.29, 1.82) is 0 Å². The van der Waals surface area contributed by atoms with Crippen molar-refractivity contribution in [2.24, 2.45) is 0 Å². The van der Waals surface area contributed by atoms with Crippen molar-refractivity contribution in [3.05, 3.63) is 41.5 Å². The molecule has 1 aromatic heterocycles. The van der Waals surface area contributed by atoms with Crippen molar-refractivity contribution in [3.8, 4) is 5.75 Å². The number of carbonyl (C=O) groups is 2. The SMILES string of the molecule is CCCOc1ccc(C(=O)CCC(=O)NCc2nnc3n2CCC3)cc1. The zero-order valence-electron chi connectivity index (χ0n) is 15.0. The van der Waals surface area contributed by atoms with E-state index in [4.69, 9.17) is 4.74 Å². The number of carbonyl (C=O) groups excluding carboxylic acids is 2. The second-order valence-corrected chi connectivity index (χ2v) is 6.36. The van der Waals surface area contributed by atoms with E-state index < -0.39 is 0 Å². The molecule has 7 heteroatoms. The zero-order valence-corrected chi connectivity index (χ0v) is 15.0. The van der Waals surface area contributed by atoms with Crippen LogP contribution in [0.25, 0.3) is 0 Å². The third kappa shape index (κ3) is 4.47. The Morgan fingerprint density at radius 1 is 1.19 bits per heavy atom. The van der Waals surface area contributed by atoms with Gasteiger partial charge >= 0.3 is 0 Å². The number of ketones is 1. The zero-order chi connectivity index (χ0) is 18.4. The summed E-state index contributed by atoms with van der Waals surface area (Å²) in [4.78, 5) is 24.2. The first kappa shape index (κ1) is 18.1. The maximum atomic E-state index is 12.2. The number of rotatable bonds is 9. The summed E-state index contributed by atoms with van der Waals surface area (Å²) in [6.45, 7) is 3.95. The molecule has 1 aliphatic heterocycles. The van der Waals surface area contributed by atoms with Crippen LogP contribution in [0.15, 0.2) is 24.3 Å². The first-order valence-corrected chi connectivity index (χ1v) is 9.11. The van der Waals surface area contributed by atoms with Crippen LogP contribution < -0.4 is 10.1 Å². The molecular weight excluding hydrogens is 332 g/mol. The molecule has 0 saturated heterocycles. The van der Waals surface area contributed by atoms with Crippen molar-refractivity contribution in [3.63, 3.8) is 0 Å². The van der Waals surface area contributed by atoms with Gasteiger partial charge in [0.25, 0.3) is 0 Å². The molecule has 2 heterocycles. The monoisotopic (exact) mass is 356 g/mol. The van der Waals surface area contributed by atoms with Crippen LogP contribution >= 0.6 is 0 Å². The first-order valence-electron chi connectivity index (χ1n) is 9.11. The Morgan fingerprint density at radius 2 is 2.00 bits per heavy atom. The molecule has 7 nitrogen and oxygen atoms in total. The smallest absolute Gasteiger partial charge is 0.220 e. The van der Waals surface area contributed by atoms with E-state index in [0.717, 1.165) is 43.2 Å². The van der Waals surface area contributed by atoms with E-state index in [1.807, 2.05) is 11.5 Å². The molecule has 3 rings (SSSR count). The number of fused-ring (bicyclic) bond motifs is 1. The van der Waals surface area contributed by atoms with Crippen molar-refractivity contribution in [1.82, 2.24) is 20.1 Å². The molecule has 0 spiro atoms. The van der Waals surface area contributed by atoms with Gasteiger partial charge in [0.2, 0.25) is 5.91 Å². The lowest BCUT2D eigenvalue weighted by molar-refractivity contribution is -0.121. The second kappa shape index (κ2) is 8.60. The van der Waals surface area contributed by atoms with Crippen LogP contribution in [0.3, 0.4) is 0 Å². The molecule has 0 bridgehead atoms. The summed E-state index contributed by atoms with van der Waals surface area (Å²) in [5.41, 5.74) is 0.594. The predicted molar refractivity (Wildman–Crippen MR) is 96.0 cm³/mol. The highest BCUT2D eigenvalue weighted by Crippen LogP contribution is 2.15. The highest BCUT2D eigenvalue weighted by molar-refractivity contribution is 5.98. The van der Waals surface area contributed by atoms with Crippen LogP contribution in [-0.2, 0) is 24.3 Å². The number of nitrogens with zero attached hydrogens (tertiary/aromatic N) is 3. The van der Waals surface area contributed by atoms with Gasteiger partial charge in [-0.3, -0.25) is 9.59 Å². The Bertz CT molecular complexity index is 768. The van der Waals surface area contributed by atoms with Gasteiger partial charge in [-0.15, -0.1) is 10.2 Å². The van der Waals surface area contributed by atoms with Gasteiger partial charge in [-0.05, 0) is 37.1 Å². The van der Waals surface area contributed by atoms with Gasteiger partial charge in [-0.1, -0.05) is 6.92 Å². The Balaban J connectivity index is 1.42. The number of nitrogens with one attached hydrogen (secondary N) is 1. The van der Waals surface area contributed by atoms with E-state index in [-0.39, 0.29) is 24.5 Å². The maximum absolute atomic E-state index is 12.2. The van der Waals surface area contributed by atoms with E-state index in [1.54, 1.807) is 24.3 Å². The normalized spacial score (nSPS) is 12.7. The van der Waals surface area contributed by atoms with Crippen LogP contribution in [-0.4, -0.2) is 33.1 Å². The molecule has 1 aromatic carbocycles. The molecule has 1 aliphatic rings. The lowest BCUT2D eigenvalue weighted by atomic mass is 10.1. The van der Waals surface area contributed by atoms with E-state index in [1.165, 1.54) is 0 Å². The molecule has 138 valence electrons. The summed E-state index contributed by atoms with van der Waals surface area (Å²) in [7, 11) is 0.